The van der Waals surface area contributed by atoms with E-state index in [9.17, 15) is 4.79 Å². The number of piperidine rings is 1. The highest BCUT2D eigenvalue weighted by Gasteiger charge is 2.28. The predicted octanol–water partition coefficient (Wildman–Crippen LogP) is 2.88. The number of likely N-dealkylation sites (tertiary alicyclic amines) is 1. The Bertz CT molecular complexity index is 678. The fraction of sp³-hybridized carbons (Fsp3) is 0.500. The van der Waals surface area contributed by atoms with Gasteiger partial charge in [-0.05, 0) is 39.7 Å². The van der Waals surface area contributed by atoms with Gasteiger partial charge in [-0.25, -0.2) is 15.0 Å². The second-order valence-electron chi connectivity index (χ2n) is 5.77. The van der Waals surface area contributed by atoms with Crippen LogP contribution in [0.25, 0.3) is 0 Å². The second-order valence-corrected chi connectivity index (χ2v) is 7.01. The highest BCUT2D eigenvalue weighted by molar-refractivity contribution is 7.11. The summed E-state index contributed by atoms with van der Waals surface area (Å²) in [4.78, 5) is 28.8. The first-order valence-corrected chi connectivity index (χ1v) is 8.39. The fourth-order valence-corrected chi connectivity index (χ4v) is 3.82. The summed E-state index contributed by atoms with van der Waals surface area (Å²) < 4.78 is 0. The predicted molar refractivity (Wildman–Crippen MR) is 86.2 cm³/mol. The van der Waals surface area contributed by atoms with Gasteiger partial charge in [0.2, 0.25) is 0 Å². The van der Waals surface area contributed by atoms with Crippen LogP contribution in [-0.4, -0.2) is 38.8 Å². The molecule has 3 rings (SSSR count). The van der Waals surface area contributed by atoms with Crippen LogP contribution in [0.4, 0.5) is 0 Å². The van der Waals surface area contributed by atoms with Crippen LogP contribution in [0.2, 0.25) is 0 Å². The van der Waals surface area contributed by atoms with E-state index in [1.54, 1.807) is 30.5 Å². The van der Waals surface area contributed by atoms with Gasteiger partial charge in [0, 0.05) is 30.1 Å². The molecule has 0 aliphatic carbocycles. The van der Waals surface area contributed by atoms with Crippen molar-refractivity contribution >= 4 is 17.2 Å². The molecule has 6 heteroatoms. The molecule has 0 radical (unpaired) electrons. The Hall–Kier alpha value is -1.82. The monoisotopic (exact) mass is 316 g/mol. The van der Waals surface area contributed by atoms with E-state index in [1.807, 2.05) is 11.8 Å². The van der Waals surface area contributed by atoms with Gasteiger partial charge in [0.25, 0.3) is 5.91 Å². The van der Waals surface area contributed by atoms with Gasteiger partial charge in [-0.2, -0.15) is 0 Å². The zero-order valence-corrected chi connectivity index (χ0v) is 14.0. The van der Waals surface area contributed by atoms with Crippen LogP contribution >= 0.6 is 11.3 Å². The molecule has 1 unspecified atom stereocenters. The van der Waals surface area contributed by atoms with Gasteiger partial charge in [0.1, 0.15) is 11.5 Å². The van der Waals surface area contributed by atoms with Crippen LogP contribution < -0.4 is 0 Å². The standard InChI is InChI=1S/C16H20N4OS/c1-10-11(2)22-15(18-10)13-5-4-8-20(9-13)16(21)14-6-7-17-12(3)19-14/h6-7,13H,4-5,8-9H2,1-3H3. The molecular formula is C16H20N4OS. The normalized spacial score (nSPS) is 18.5. The van der Waals surface area contributed by atoms with E-state index in [1.165, 1.54) is 4.88 Å². The Morgan fingerprint density at radius 2 is 2.14 bits per heavy atom. The van der Waals surface area contributed by atoms with Gasteiger partial charge in [-0.1, -0.05) is 0 Å². The van der Waals surface area contributed by atoms with Gasteiger partial charge in [0.15, 0.2) is 0 Å². The Morgan fingerprint density at radius 3 is 2.82 bits per heavy atom. The third-order valence-corrected chi connectivity index (χ3v) is 5.33. The molecule has 0 N–H and O–H groups in total. The highest BCUT2D eigenvalue weighted by Crippen LogP contribution is 2.31. The first-order chi connectivity index (χ1) is 10.5. The Labute approximate surface area is 134 Å². The fourth-order valence-electron chi connectivity index (χ4n) is 2.77. The van der Waals surface area contributed by atoms with Gasteiger partial charge in [-0.15, -0.1) is 11.3 Å². The van der Waals surface area contributed by atoms with Gasteiger partial charge in [0.05, 0.1) is 10.7 Å². The number of aryl methyl sites for hydroxylation is 3. The van der Waals surface area contributed by atoms with Crippen LogP contribution in [0.3, 0.4) is 0 Å². The summed E-state index contributed by atoms with van der Waals surface area (Å²) in [6.45, 7) is 7.48. The summed E-state index contributed by atoms with van der Waals surface area (Å²) in [5, 5.41) is 1.16. The highest BCUT2D eigenvalue weighted by atomic mass is 32.1. The molecule has 2 aromatic rings. The first kappa shape index (κ1) is 15.1. The number of rotatable bonds is 2. The molecule has 1 saturated heterocycles. The van der Waals surface area contributed by atoms with Crippen LogP contribution in [-0.2, 0) is 0 Å². The molecule has 0 aromatic carbocycles. The average molecular weight is 316 g/mol. The summed E-state index contributed by atoms with van der Waals surface area (Å²) >= 11 is 1.76. The van der Waals surface area contributed by atoms with Crippen molar-refractivity contribution in [3.8, 4) is 0 Å². The van der Waals surface area contributed by atoms with Crippen molar-refractivity contribution in [2.75, 3.05) is 13.1 Å². The molecule has 1 aliphatic heterocycles. The average Bonchev–Trinajstić information content (AvgIpc) is 2.86. The lowest BCUT2D eigenvalue weighted by Crippen LogP contribution is -2.39. The maximum atomic E-state index is 12.6. The third kappa shape index (κ3) is 3.02. The minimum atomic E-state index is 0.000185. The van der Waals surface area contributed by atoms with Crippen LogP contribution in [0.15, 0.2) is 12.3 Å². The summed E-state index contributed by atoms with van der Waals surface area (Å²) in [5.41, 5.74) is 1.59. The Kier molecular flexibility index (Phi) is 4.20. The number of amides is 1. The maximum Gasteiger partial charge on any atom is 0.272 e. The van der Waals surface area contributed by atoms with Crippen molar-refractivity contribution in [1.29, 1.82) is 0 Å². The SMILES string of the molecule is Cc1nccc(C(=O)N2CCCC(c3nc(C)c(C)s3)C2)n1. The maximum absolute atomic E-state index is 12.6. The van der Waals surface area contributed by atoms with Crippen molar-refractivity contribution in [2.24, 2.45) is 0 Å². The summed E-state index contributed by atoms with van der Waals surface area (Å²) in [5.74, 6) is 0.976. The summed E-state index contributed by atoms with van der Waals surface area (Å²) in [6, 6.07) is 1.69. The van der Waals surface area contributed by atoms with Crippen LogP contribution in [0.5, 0.6) is 0 Å². The van der Waals surface area contributed by atoms with E-state index in [4.69, 9.17) is 0 Å². The summed E-state index contributed by atoms with van der Waals surface area (Å²) in [6.07, 6.45) is 3.75. The molecule has 1 atom stereocenters. The topological polar surface area (TPSA) is 59.0 Å². The molecule has 22 heavy (non-hydrogen) atoms. The van der Waals surface area contributed by atoms with Crippen molar-refractivity contribution in [3.05, 3.63) is 39.4 Å². The lowest BCUT2D eigenvalue weighted by atomic mass is 9.98. The Balaban J connectivity index is 1.76. The van der Waals surface area contributed by atoms with Crippen LogP contribution in [0, 0.1) is 20.8 Å². The molecule has 0 spiro atoms. The number of carbonyl (C=O) groups excluding carboxylic acids is 1. The molecule has 116 valence electrons. The van der Waals surface area contributed by atoms with Gasteiger partial charge >= 0.3 is 0 Å². The molecule has 3 heterocycles. The van der Waals surface area contributed by atoms with Gasteiger partial charge < -0.3 is 4.90 Å². The number of carbonyl (C=O) groups is 1. The van der Waals surface area contributed by atoms with E-state index in [0.717, 1.165) is 36.6 Å². The van der Waals surface area contributed by atoms with Crippen molar-refractivity contribution in [2.45, 2.75) is 39.5 Å². The molecule has 0 bridgehead atoms. The first-order valence-electron chi connectivity index (χ1n) is 7.57. The minimum absolute atomic E-state index is 0.000185. The second kappa shape index (κ2) is 6.12. The zero-order chi connectivity index (χ0) is 15.7. The Morgan fingerprint density at radius 1 is 1.32 bits per heavy atom. The quantitative estimate of drug-likeness (QED) is 0.855. The lowest BCUT2D eigenvalue weighted by Gasteiger charge is -2.31. The smallest absolute Gasteiger partial charge is 0.272 e. The number of nitrogens with zero attached hydrogens (tertiary/aromatic N) is 4. The molecular weight excluding hydrogens is 296 g/mol. The summed E-state index contributed by atoms with van der Waals surface area (Å²) in [7, 11) is 0. The van der Waals surface area contributed by atoms with Gasteiger partial charge in [-0.3, -0.25) is 4.79 Å². The minimum Gasteiger partial charge on any atom is -0.337 e. The van der Waals surface area contributed by atoms with Crippen molar-refractivity contribution in [1.82, 2.24) is 19.9 Å². The van der Waals surface area contributed by atoms with Crippen molar-refractivity contribution in [3.63, 3.8) is 0 Å². The molecule has 2 aromatic heterocycles. The largest absolute Gasteiger partial charge is 0.337 e. The van der Waals surface area contributed by atoms with E-state index in [-0.39, 0.29) is 5.91 Å². The molecule has 1 fully saturated rings. The van der Waals surface area contributed by atoms with Crippen LogP contribution in [0.1, 0.15) is 50.7 Å². The number of aromatic nitrogens is 3. The third-order valence-electron chi connectivity index (χ3n) is 4.10. The van der Waals surface area contributed by atoms with E-state index < -0.39 is 0 Å². The molecule has 1 aliphatic rings. The van der Waals surface area contributed by atoms with E-state index >= 15 is 0 Å². The van der Waals surface area contributed by atoms with Crippen molar-refractivity contribution < 1.29 is 4.79 Å². The molecule has 0 saturated carbocycles. The van der Waals surface area contributed by atoms with E-state index in [0.29, 0.717) is 17.4 Å². The zero-order valence-electron chi connectivity index (χ0n) is 13.2. The number of hydrogen-bond donors (Lipinski definition) is 0. The van der Waals surface area contributed by atoms with E-state index in [2.05, 4.69) is 21.9 Å². The number of hydrogen-bond acceptors (Lipinski definition) is 5. The lowest BCUT2D eigenvalue weighted by molar-refractivity contribution is 0.0700. The molecule has 5 nitrogen and oxygen atoms in total. The number of thiazole rings is 1. The molecule has 1 amide bonds.